The minimum atomic E-state index is -0.464. The number of benzene rings is 1. The molecule has 0 aliphatic heterocycles. The second-order valence-electron chi connectivity index (χ2n) is 4.74. The number of nitrogens with one attached hydrogen (secondary N) is 2. The zero-order chi connectivity index (χ0) is 13.8. The number of nitrogens with zero attached hydrogens (tertiary/aromatic N) is 1. The molecule has 6 heteroatoms. The Kier molecular flexibility index (Phi) is 4.11. The van der Waals surface area contributed by atoms with Crippen LogP contribution in [0.4, 0.5) is 5.69 Å². The Bertz CT molecular complexity index is 498. The lowest BCUT2D eigenvalue weighted by Crippen LogP contribution is -2.32. The van der Waals surface area contributed by atoms with Gasteiger partial charge in [-0.05, 0) is 31.4 Å². The SMILES string of the molecule is Cc1cc([N+](=O)[O-])ccc1C(=O)NCCNC1CC1. The fraction of sp³-hybridized carbons (Fsp3) is 0.462. The largest absolute Gasteiger partial charge is 0.351 e. The highest BCUT2D eigenvalue weighted by Gasteiger charge is 2.19. The number of non-ortho nitro benzene ring substituents is 1. The first kappa shape index (κ1) is 13.5. The quantitative estimate of drug-likeness (QED) is 0.461. The third-order valence-corrected chi connectivity index (χ3v) is 3.09. The van der Waals surface area contributed by atoms with Crippen LogP contribution < -0.4 is 10.6 Å². The zero-order valence-electron chi connectivity index (χ0n) is 10.8. The van der Waals surface area contributed by atoms with Crippen molar-refractivity contribution in [1.29, 1.82) is 0 Å². The number of carbonyl (C=O) groups is 1. The fourth-order valence-corrected chi connectivity index (χ4v) is 1.85. The fourth-order valence-electron chi connectivity index (χ4n) is 1.85. The van der Waals surface area contributed by atoms with Crippen LogP contribution in [0.3, 0.4) is 0 Å². The Morgan fingerprint density at radius 1 is 1.42 bits per heavy atom. The van der Waals surface area contributed by atoms with E-state index in [4.69, 9.17) is 0 Å². The van der Waals surface area contributed by atoms with Crippen LogP contribution in [-0.4, -0.2) is 30.0 Å². The van der Waals surface area contributed by atoms with Crippen LogP contribution >= 0.6 is 0 Å². The maximum Gasteiger partial charge on any atom is 0.269 e. The summed E-state index contributed by atoms with van der Waals surface area (Å²) in [5.74, 6) is -0.190. The van der Waals surface area contributed by atoms with Gasteiger partial charge in [0.15, 0.2) is 0 Å². The molecule has 0 unspecified atom stereocenters. The minimum Gasteiger partial charge on any atom is -0.351 e. The van der Waals surface area contributed by atoms with Crippen molar-refractivity contribution in [2.24, 2.45) is 0 Å². The number of hydrogen-bond donors (Lipinski definition) is 2. The highest BCUT2D eigenvalue weighted by molar-refractivity contribution is 5.95. The van der Waals surface area contributed by atoms with E-state index in [2.05, 4.69) is 10.6 Å². The Morgan fingerprint density at radius 2 is 2.16 bits per heavy atom. The van der Waals surface area contributed by atoms with Crippen LogP contribution in [-0.2, 0) is 0 Å². The van der Waals surface area contributed by atoms with E-state index in [1.54, 1.807) is 6.92 Å². The van der Waals surface area contributed by atoms with Crippen molar-refractivity contribution in [2.45, 2.75) is 25.8 Å². The molecule has 19 heavy (non-hydrogen) atoms. The average Bonchev–Trinajstić information content (AvgIpc) is 3.18. The number of amides is 1. The molecule has 1 aromatic rings. The molecule has 0 bridgehead atoms. The van der Waals surface area contributed by atoms with E-state index in [0.717, 1.165) is 6.54 Å². The van der Waals surface area contributed by atoms with Gasteiger partial charge in [0, 0.05) is 36.8 Å². The molecule has 102 valence electrons. The van der Waals surface area contributed by atoms with E-state index >= 15 is 0 Å². The van der Waals surface area contributed by atoms with Gasteiger partial charge >= 0.3 is 0 Å². The molecular weight excluding hydrogens is 246 g/mol. The molecule has 0 heterocycles. The molecule has 1 amide bonds. The van der Waals surface area contributed by atoms with Gasteiger partial charge in [0.25, 0.3) is 11.6 Å². The normalized spacial score (nSPS) is 14.2. The van der Waals surface area contributed by atoms with E-state index in [0.29, 0.717) is 23.7 Å². The van der Waals surface area contributed by atoms with E-state index in [1.807, 2.05) is 0 Å². The van der Waals surface area contributed by atoms with Crippen molar-refractivity contribution in [3.05, 3.63) is 39.4 Å². The number of aryl methyl sites for hydroxylation is 1. The first-order valence-corrected chi connectivity index (χ1v) is 6.34. The lowest BCUT2D eigenvalue weighted by Gasteiger charge is -2.08. The van der Waals surface area contributed by atoms with Gasteiger partial charge in [0.1, 0.15) is 0 Å². The molecule has 1 aliphatic rings. The highest BCUT2D eigenvalue weighted by atomic mass is 16.6. The summed E-state index contributed by atoms with van der Waals surface area (Å²) in [6, 6.07) is 4.89. The number of hydrogen-bond acceptors (Lipinski definition) is 4. The highest BCUT2D eigenvalue weighted by Crippen LogP contribution is 2.18. The third kappa shape index (κ3) is 3.75. The lowest BCUT2D eigenvalue weighted by molar-refractivity contribution is -0.384. The molecule has 2 rings (SSSR count). The number of nitro benzene ring substituents is 1. The maximum absolute atomic E-state index is 11.9. The smallest absolute Gasteiger partial charge is 0.269 e. The maximum atomic E-state index is 11.9. The van der Waals surface area contributed by atoms with Crippen molar-refractivity contribution in [2.75, 3.05) is 13.1 Å². The number of rotatable bonds is 6. The Morgan fingerprint density at radius 3 is 2.74 bits per heavy atom. The molecule has 0 atom stereocenters. The monoisotopic (exact) mass is 263 g/mol. The van der Waals surface area contributed by atoms with E-state index in [1.165, 1.54) is 31.0 Å². The molecular formula is C13H17N3O3. The lowest BCUT2D eigenvalue weighted by atomic mass is 10.1. The first-order valence-electron chi connectivity index (χ1n) is 6.34. The van der Waals surface area contributed by atoms with Gasteiger partial charge in [0.2, 0.25) is 0 Å². The molecule has 0 radical (unpaired) electrons. The average molecular weight is 263 g/mol. The van der Waals surface area contributed by atoms with Gasteiger partial charge in [-0.3, -0.25) is 14.9 Å². The third-order valence-electron chi connectivity index (χ3n) is 3.09. The van der Waals surface area contributed by atoms with Crippen LogP contribution in [0.1, 0.15) is 28.8 Å². The van der Waals surface area contributed by atoms with Crippen LogP contribution in [0.15, 0.2) is 18.2 Å². The van der Waals surface area contributed by atoms with Crippen molar-refractivity contribution < 1.29 is 9.72 Å². The van der Waals surface area contributed by atoms with Gasteiger partial charge in [-0.25, -0.2) is 0 Å². The van der Waals surface area contributed by atoms with Gasteiger partial charge in [-0.1, -0.05) is 0 Å². The number of carbonyl (C=O) groups excluding carboxylic acids is 1. The van der Waals surface area contributed by atoms with E-state index < -0.39 is 4.92 Å². The topological polar surface area (TPSA) is 84.3 Å². The summed E-state index contributed by atoms with van der Waals surface area (Å²) in [4.78, 5) is 22.0. The minimum absolute atomic E-state index is 0.00412. The molecule has 1 aliphatic carbocycles. The molecule has 1 fully saturated rings. The number of nitro groups is 1. The van der Waals surface area contributed by atoms with Crippen LogP contribution in [0, 0.1) is 17.0 Å². The summed E-state index contributed by atoms with van der Waals surface area (Å²) in [5.41, 5.74) is 1.10. The van der Waals surface area contributed by atoms with Gasteiger partial charge in [-0.2, -0.15) is 0 Å². The summed E-state index contributed by atoms with van der Waals surface area (Å²) in [6.45, 7) is 3.01. The molecule has 0 saturated heterocycles. The van der Waals surface area contributed by atoms with Gasteiger partial charge in [0.05, 0.1) is 4.92 Å². The Labute approximate surface area is 111 Å². The Balaban J connectivity index is 1.88. The van der Waals surface area contributed by atoms with E-state index in [-0.39, 0.29) is 11.6 Å². The second-order valence-corrected chi connectivity index (χ2v) is 4.74. The molecule has 6 nitrogen and oxygen atoms in total. The van der Waals surface area contributed by atoms with E-state index in [9.17, 15) is 14.9 Å². The second kappa shape index (κ2) is 5.79. The van der Waals surface area contributed by atoms with Crippen LogP contribution in [0.25, 0.3) is 0 Å². The summed E-state index contributed by atoms with van der Waals surface area (Å²) < 4.78 is 0. The van der Waals surface area contributed by atoms with Gasteiger partial charge < -0.3 is 10.6 Å². The van der Waals surface area contributed by atoms with Gasteiger partial charge in [-0.15, -0.1) is 0 Å². The molecule has 0 spiro atoms. The van der Waals surface area contributed by atoms with Crippen molar-refractivity contribution in [3.8, 4) is 0 Å². The summed E-state index contributed by atoms with van der Waals surface area (Å²) in [5, 5.41) is 16.7. The summed E-state index contributed by atoms with van der Waals surface area (Å²) >= 11 is 0. The zero-order valence-corrected chi connectivity index (χ0v) is 10.8. The molecule has 1 aromatic carbocycles. The predicted octanol–water partition coefficient (Wildman–Crippen LogP) is 1.39. The van der Waals surface area contributed by atoms with Crippen molar-refractivity contribution in [3.63, 3.8) is 0 Å². The van der Waals surface area contributed by atoms with Crippen molar-refractivity contribution >= 4 is 11.6 Å². The Hall–Kier alpha value is -1.95. The van der Waals surface area contributed by atoms with Crippen LogP contribution in [0.2, 0.25) is 0 Å². The first-order chi connectivity index (χ1) is 9.08. The predicted molar refractivity (Wildman–Crippen MR) is 71.2 cm³/mol. The standard InChI is InChI=1S/C13H17N3O3/c1-9-8-11(16(18)19)4-5-12(9)13(17)15-7-6-14-10-2-3-10/h4-5,8,10,14H,2-3,6-7H2,1H3,(H,15,17). The molecule has 0 aromatic heterocycles. The molecule has 2 N–H and O–H groups in total. The summed E-state index contributed by atoms with van der Waals surface area (Å²) in [7, 11) is 0. The molecule has 1 saturated carbocycles. The van der Waals surface area contributed by atoms with Crippen LogP contribution in [0.5, 0.6) is 0 Å². The summed E-state index contributed by atoms with van der Waals surface area (Å²) in [6.07, 6.45) is 2.44. The van der Waals surface area contributed by atoms with Crippen molar-refractivity contribution in [1.82, 2.24) is 10.6 Å².